The second-order valence-corrected chi connectivity index (χ2v) is 7.38. The zero-order valence-corrected chi connectivity index (χ0v) is 16.8. The maximum absolute atomic E-state index is 6.06. The van der Waals surface area contributed by atoms with Gasteiger partial charge in [0.15, 0.2) is 0 Å². The molecule has 1 fully saturated rings. The predicted octanol–water partition coefficient (Wildman–Crippen LogP) is 6.54. The van der Waals surface area contributed by atoms with E-state index in [2.05, 4.69) is 23.5 Å². The van der Waals surface area contributed by atoms with Gasteiger partial charge in [-0.1, -0.05) is 74.0 Å². The van der Waals surface area contributed by atoms with E-state index in [9.17, 15) is 0 Å². The molecular weight excluding hydrogens is 365 g/mol. The first-order valence-corrected chi connectivity index (χ1v) is 9.87. The lowest BCUT2D eigenvalue weighted by atomic mass is 9.96. The Kier molecular flexibility index (Phi) is 9.31. The van der Waals surface area contributed by atoms with Crippen molar-refractivity contribution in [3.63, 3.8) is 0 Å². The average Bonchev–Trinajstić information content (AvgIpc) is 2.61. The molecule has 0 bridgehead atoms. The first-order chi connectivity index (χ1) is 12.3. The Hall–Kier alpha value is -1.22. The predicted molar refractivity (Wildman–Crippen MR) is 112 cm³/mol. The highest BCUT2D eigenvalue weighted by Gasteiger charge is 2.12. The van der Waals surface area contributed by atoms with E-state index in [1.165, 1.54) is 50.5 Å². The van der Waals surface area contributed by atoms with Crippen LogP contribution in [0.15, 0.2) is 48.5 Å². The Morgan fingerprint density at radius 1 is 0.885 bits per heavy atom. The van der Waals surface area contributed by atoms with E-state index in [1.54, 1.807) is 0 Å². The number of nitrogens with one attached hydrogen (secondary N) is 1. The fraction of sp³-hybridized carbons (Fsp3) is 0.455. The van der Waals surface area contributed by atoms with Crippen molar-refractivity contribution in [2.24, 2.45) is 0 Å². The monoisotopic (exact) mass is 393 g/mol. The molecule has 142 valence electrons. The Morgan fingerprint density at radius 2 is 1.54 bits per heavy atom. The van der Waals surface area contributed by atoms with Crippen LogP contribution < -0.4 is 10.1 Å². The molecule has 0 heterocycles. The van der Waals surface area contributed by atoms with Crippen molar-refractivity contribution in [1.82, 2.24) is 5.32 Å². The average molecular weight is 394 g/mol. The van der Waals surface area contributed by atoms with Crippen LogP contribution >= 0.6 is 24.0 Å². The minimum atomic E-state index is 0. The van der Waals surface area contributed by atoms with Gasteiger partial charge in [-0.05, 0) is 36.6 Å². The second kappa shape index (κ2) is 11.5. The molecule has 2 aromatic carbocycles. The Bertz CT molecular complexity index is 637. The van der Waals surface area contributed by atoms with Gasteiger partial charge in [0.1, 0.15) is 12.4 Å². The van der Waals surface area contributed by atoms with Crippen LogP contribution in [0.3, 0.4) is 0 Å². The fourth-order valence-electron chi connectivity index (χ4n) is 3.45. The number of benzene rings is 2. The molecule has 1 aliphatic rings. The number of hydrogen-bond donors (Lipinski definition) is 1. The molecule has 0 atom stereocenters. The quantitative estimate of drug-likeness (QED) is 0.600. The maximum atomic E-state index is 6.06. The largest absolute Gasteiger partial charge is 0.489 e. The summed E-state index contributed by atoms with van der Waals surface area (Å²) < 4.78 is 6.06. The van der Waals surface area contributed by atoms with E-state index in [1.807, 2.05) is 30.3 Å². The lowest BCUT2D eigenvalue weighted by Gasteiger charge is -2.22. The normalized spacial score (nSPS) is 15.6. The molecule has 0 unspecified atom stereocenters. The standard InChI is InChI=1S/C22H28ClNO.ClH/c23-20-14-12-18(13-15-20)17-25-22-11-7-6-8-19(22)16-24-21-9-4-2-1-3-5-10-21;/h6-8,11-15,21,24H,1-5,9-10,16-17H2;1H. The highest BCUT2D eigenvalue weighted by molar-refractivity contribution is 6.30. The Labute approximate surface area is 168 Å². The van der Waals surface area contributed by atoms with Crippen LogP contribution in [0.5, 0.6) is 5.75 Å². The smallest absolute Gasteiger partial charge is 0.124 e. The molecule has 1 aliphatic carbocycles. The van der Waals surface area contributed by atoms with Gasteiger partial charge in [0, 0.05) is 23.2 Å². The molecule has 0 spiro atoms. The molecule has 26 heavy (non-hydrogen) atoms. The van der Waals surface area contributed by atoms with Crippen LogP contribution in [0.25, 0.3) is 0 Å². The van der Waals surface area contributed by atoms with Gasteiger partial charge in [-0.15, -0.1) is 12.4 Å². The molecule has 0 aromatic heterocycles. The maximum Gasteiger partial charge on any atom is 0.124 e. The third-order valence-electron chi connectivity index (χ3n) is 4.97. The highest BCUT2D eigenvalue weighted by Crippen LogP contribution is 2.22. The summed E-state index contributed by atoms with van der Waals surface area (Å²) in [5.74, 6) is 0.968. The van der Waals surface area contributed by atoms with Crippen LogP contribution in [0.2, 0.25) is 5.02 Å². The number of halogens is 2. The molecule has 0 radical (unpaired) electrons. The number of hydrogen-bond acceptors (Lipinski definition) is 2. The highest BCUT2D eigenvalue weighted by atomic mass is 35.5. The van der Waals surface area contributed by atoms with Gasteiger partial charge in [-0.25, -0.2) is 0 Å². The fourth-order valence-corrected chi connectivity index (χ4v) is 3.57. The van der Waals surface area contributed by atoms with Crippen LogP contribution in [0.4, 0.5) is 0 Å². The van der Waals surface area contributed by atoms with Crippen LogP contribution in [0, 0.1) is 0 Å². The Balaban J connectivity index is 0.00000243. The molecular formula is C22H29Cl2NO. The second-order valence-electron chi connectivity index (χ2n) is 6.95. The summed E-state index contributed by atoms with van der Waals surface area (Å²) in [4.78, 5) is 0. The molecule has 0 aliphatic heterocycles. The number of para-hydroxylation sites is 1. The summed E-state index contributed by atoms with van der Waals surface area (Å²) in [7, 11) is 0. The van der Waals surface area contributed by atoms with Gasteiger partial charge < -0.3 is 10.1 Å². The van der Waals surface area contributed by atoms with E-state index >= 15 is 0 Å². The van der Waals surface area contributed by atoms with Crippen molar-refractivity contribution in [3.8, 4) is 5.75 Å². The van der Waals surface area contributed by atoms with Crippen LogP contribution in [-0.2, 0) is 13.2 Å². The molecule has 1 saturated carbocycles. The summed E-state index contributed by atoms with van der Waals surface area (Å²) in [6.07, 6.45) is 9.49. The Morgan fingerprint density at radius 3 is 2.27 bits per heavy atom. The zero-order chi connectivity index (χ0) is 17.3. The summed E-state index contributed by atoms with van der Waals surface area (Å²) in [5, 5.41) is 4.51. The van der Waals surface area contributed by atoms with Crippen molar-refractivity contribution >= 4 is 24.0 Å². The molecule has 0 amide bonds. The number of rotatable bonds is 6. The lowest BCUT2D eigenvalue weighted by Crippen LogP contribution is -2.29. The van der Waals surface area contributed by atoms with E-state index in [0.717, 1.165) is 22.9 Å². The van der Waals surface area contributed by atoms with Crippen molar-refractivity contribution in [1.29, 1.82) is 0 Å². The van der Waals surface area contributed by atoms with Gasteiger partial charge in [-0.3, -0.25) is 0 Å². The third kappa shape index (κ3) is 6.83. The first kappa shape index (κ1) is 21.1. The zero-order valence-electron chi connectivity index (χ0n) is 15.3. The van der Waals surface area contributed by atoms with E-state index in [0.29, 0.717) is 12.6 Å². The molecule has 4 heteroatoms. The molecule has 0 saturated heterocycles. The minimum absolute atomic E-state index is 0. The lowest BCUT2D eigenvalue weighted by molar-refractivity contribution is 0.300. The molecule has 2 aromatic rings. The van der Waals surface area contributed by atoms with Crippen LogP contribution in [0.1, 0.15) is 56.1 Å². The number of ether oxygens (including phenoxy) is 1. The van der Waals surface area contributed by atoms with Crippen molar-refractivity contribution < 1.29 is 4.74 Å². The van der Waals surface area contributed by atoms with E-state index in [4.69, 9.17) is 16.3 Å². The first-order valence-electron chi connectivity index (χ1n) is 9.50. The van der Waals surface area contributed by atoms with Gasteiger partial charge in [-0.2, -0.15) is 0 Å². The minimum Gasteiger partial charge on any atom is -0.489 e. The summed E-state index contributed by atoms with van der Waals surface area (Å²) in [5.41, 5.74) is 2.37. The van der Waals surface area contributed by atoms with E-state index < -0.39 is 0 Å². The van der Waals surface area contributed by atoms with Gasteiger partial charge in [0.2, 0.25) is 0 Å². The summed E-state index contributed by atoms with van der Waals surface area (Å²) in [6.45, 7) is 1.44. The third-order valence-corrected chi connectivity index (χ3v) is 5.22. The van der Waals surface area contributed by atoms with E-state index in [-0.39, 0.29) is 12.4 Å². The molecule has 2 nitrogen and oxygen atoms in total. The summed E-state index contributed by atoms with van der Waals surface area (Å²) in [6, 6.07) is 16.8. The molecule has 3 rings (SSSR count). The SMILES string of the molecule is Cl.Clc1ccc(COc2ccccc2CNC2CCCCCCC2)cc1. The van der Waals surface area contributed by atoms with Crippen LogP contribution in [-0.4, -0.2) is 6.04 Å². The van der Waals surface area contributed by atoms with Gasteiger partial charge in [0.05, 0.1) is 0 Å². The summed E-state index contributed by atoms with van der Waals surface area (Å²) >= 11 is 5.94. The van der Waals surface area contributed by atoms with Gasteiger partial charge >= 0.3 is 0 Å². The molecule has 1 N–H and O–H groups in total. The van der Waals surface area contributed by atoms with Gasteiger partial charge in [0.25, 0.3) is 0 Å². The topological polar surface area (TPSA) is 21.3 Å². The van der Waals surface area contributed by atoms with Crippen molar-refractivity contribution in [2.45, 2.75) is 64.1 Å². The van der Waals surface area contributed by atoms with Crippen molar-refractivity contribution in [3.05, 3.63) is 64.7 Å². The van der Waals surface area contributed by atoms with Crippen molar-refractivity contribution in [2.75, 3.05) is 0 Å².